The number of piperidine rings is 1. The highest BCUT2D eigenvalue weighted by molar-refractivity contribution is 5.87. The predicted octanol–water partition coefficient (Wildman–Crippen LogP) is 3.23. The predicted molar refractivity (Wildman–Crippen MR) is 79.5 cm³/mol. The fraction of sp³-hybridized carbons (Fsp3) is 0.706. The van der Waals surface area contributed by atoms with Gasteiger partial charge in [0.15, 0.2) is 0 Å². The van der Waals surface area contributed by atoms with Gasteiger partial charge in [0.05, 0.1) is 0 Å². The lowest BCUT2D eigenvalue weighted by Gasteiger charge is -2.44. The van der Waals surface area contributed by atoms with E-state index < -0.39 is 5.97 Å². The van der Waals surface area contributed by atoms with Crippen molar-refractivity contribution in [1.82, 2.24) is 4.90 Å². The molecule has 0 radical (unpaired) electrons. The molecule has 3 heteroatoms. The third-order valence-corrected chi connectivity index (χ3v) is 5.76. The summed E-state index contributed by atoms with van der Waals surface area (Å²) in [5.41, 5.74) is 1.72. The van der Waals surface area contributed by atoms with E-state index in [1.165, 1.54) is 31.3 Å². The van der Waals surface area contributed by atoms with Crippen LogP contribution < -0.4 is 0 Å². The van der Waals surface area contributed by atoms with Crippen LogP contribution >= 0.6 is 0 Å². The van der Waals surface area contributed by atoms with Crippen molar-refractivity contribution in [3.63, 3.8) is 0 Å². The van der Waals surface area contributed by atoms with Crippen molar-refractivity contribution >= 4 is 5.97 Å². The third-order valence-electron chi connectivity index (χ3n) is 5.76. The summed E-state index contributed by atoms with van der Waals surface area (Å²) in [6.07, 6.45) is 10.0. The summed E-state index contributed by atoms with van der Waals surface area (Å²) in [6, 6.07) is 1.40. The molecule has 0 spiro atoms. The molecule has 0 aromatic heterocycles. The molecule has 2 heterocycles. The summed E-state index contributed by atoms with van der Waals surface area (Å²) in [7, 11) is 2.25. The number of aliphatic carboxylic acids is 1. The minimum absolute atomic E-state index is 0.0713. The molecule has 1 N–H and O–H groups in total. The molecular weight excluding hydrogens is 250 g/mol. The molecule has 110 valence electrons. The molecule has 3 rings (SSSR count). The molecule has 1 aliphatic carbocycles. The first-order chi connectivity index (χ1) is 9.39. The van der Waals surface area contributed by atoms with E-state index in [0.29, 0.717) is 30.0 Å². The van der Waals surface area contributed by atoms with Crippen LogP contribution in [0, 0.1) is 11.3 Å². The average molecular weight is 275 g/mol. The fourth-order valence-electron chi connectivity index (χ4n) is 4.64. The van der Waals surface area contributed by atoms with E-state index in [1.807, 2.05) is 6.08 Å². The van der Waals surface area contributed by atoms with E-state index in [4.69, 9.17) is 0 Å². The van der Waals surface area contributed by atoms with Crippen LogP contribution in [-0.4, -0.2) is 35.1 Å². The second-order valence-electron chi connectivity index (χ2n) is 7.23. The molecule has 3 nitrogen and oxygen atoms in total. The van der Waals surface area contributed by atoms with Gasteiger partial charge in [0.25, 0.3) is 0 Å². The first-order valence-corrected chi connectivity index (χ1v) is 7.74. The Labute approximate surface area is 121 Å². The van der Waals surface area contributed by atoms with Crippen molar-refractivity contribution < 1.29 is 9.90 Å². The lowest BCUT2D eigenvalue weighted by atomic mass is 9.66. The zero-order valence-corrected chi connectivity index (χ0v) is 12.7. The summed E-state index contributed by atoms with van der Waals surface area (Å²) >= 11 is 0. The van der Waals surface area contributed by atoms with Crippen LogP contribution in [-0.2, 0) is 4.79 Å². The van der Waals surface area contributed by atoms with Crippen molar-refractivity contribution in [3.8, 4) is 0 Å². The van der Waals surface area contributed by atoms with Crippen molar-refractivity contribution in [2.75, 3.05) is 7.05 Å². The van der Waals surface area contributed by atoms with Gasteiger partial charge < -0.3 is 10.0 Å². The van der Waals surface area contributed by atoms with E-state index in [-0.39, 0.29) is 5.41 Å². The van der Waals surface area contributed by atoms with Gasteiger partial charge in [0.1, 0.15) is 0 Å². The van der Waals surface area contributed by atoms with E-state index >= 15 is 0 Å². The topological polar surface area (TPSA) is 40.5 Å². The van der Waals surface area contributed by atoms with Gasteiger partial charge in [-0.2, -0.15) is 0 Å². The quantitative estimate of drug-likeness (QED) is 0.787. The normalized spacial score (nSPS) is 41.2. The Bertz CT molecular complexity index is 479. The lowest BCUT2D eigenvalue weighted by molar-refractivity contribution is -0.132. The zero-order valence-electron chi connectivity index (χ0n) is 12.7. The Balaban J connectivity index is 1.88. The first-order valence-electron chi connectivity index (χ1n) is 7.74. The van der Waals surface area contributed by atoms with Crippen LogP contribution in [0.5, 0.6) is 0 Å². The first kappa shape index (κ1) is 13.9. The Morgan fingerprint density at radius 3 is 2.45 bits per heavy atom. The smallest absolute Gasteiger partial charge is 0.331 e. The number of carboxylic acids is 1. The molecule has 4 atom stereocenters. The maximum absolute atomic E-state index is 11.4. The Kier molecular flexibility index (Phi) is 3.28. The highest BCUT2D eigenvalue weighted by Gasteiger charge is 2.44. The van der Waals surface area contributed by atoms with Gasteiger partial charge in [-0.3, -0.25) is 0 Å². The van der Waals surface area contributed by atoms with E-state index in [0.717, 1.165) is 0 Å². The highest BCUT2D eigenvalue weighted by atomic mass is 16.4. The van der Waals surface area contributed by atoms with Gasteiger partial charge in [-0.25, -0.2) is 4.79 Å². The van der Waals surface area contributed by atoms with Crippen LogP contribution in [0.3, 0.4) is 0 Å². The number of nitrogens with zero attached hydrogens (tertiary/aromatic N) is 1. The number of carbonyl (C=O) groups is 1. The monoisotopic (exact) mass is 275 g/mol. The lowest BCUT2D eigenvalue weighted by Crippen LogP contribution is -2.44. The second-order valence-corrected chi connectivity index (χ2v) is 7.23. The number of allylic oxidation sites excluding steroid dienone is 3. The molecular formula is C17H25NO2. The number of hydrogen-bond donors (Lipinski definition) is 1. The Morgan fingerprint density at radius 2 is 1.90 bits per heavy atom. The molecule has 2 unspecified atom stereocenters. The molecule has 3 aliphatic rings. The summed E-state index contributed by atoms with van der Waals surface area (Å²) in [6.45, 7) is 4.30. The number of fused-ring (bicyclic) bond motifs is 2. The Morgan fingerprint density at radius 1 is 1.30 bits per heavy atom. The molecule has 0 aromatic rings. The van der Waals surface area contributed by atoms with Crippen LogP contribution in [0.4, 0.5) is 0 Å². The average Bonchev–Trinajstić information content (AvgIpc) is 2.61. The van der Waals surface area contributed by atoms with Crippen molar-refractivity contribution in [1.29, 1.82) is 0 Å². The van der Waals surface area contributed by atoms with E-state index in [2.05, 4.69) is 31.9 Å². The van der Waals surface area contributed by atoms with Gasteiger partial charge >= 0.3 is 5.97 Å². The number of hydrogen-bond acceptors (Lipinski definition) is 2. The van der Waals surface area contributed by atoms with E-state index in [1.54, 1.807) is 0 Å². The van der Waals surface area contributed by atoms with Gasteiger partial charge in [-0.05, 0) is 52.0 Å². The SMILES string of the molecule is CC1=CC(C)(C2C[C@H]3CC[C@@H](C2)N3C)C=C(C(=O)O)C1. The zero-order chi connectivity index (χ0) is 14.5. The van der Waals surface area contributed by atoms with Gasteiger partial charge in [-0.15, -0.1) is 0 Å². The van der Waals surface area contributed by atoms with Crippen LogP contribution in [0.1, 0.15) is 46.0 Å². The van der Waals surface area contributed by atoms with Gasteiger partial charge in [0, 0.05) is 23.1 Å². The number of rotatable bonds is 2. The fourth-order valence-corrected chi connectivity index (χ4v) is 4.64. The molecule has 2 bridgehead atoms. The van der Waals surface area contributed by atoms with Crippen LogP contribution in [0.25, 0.3) is 0 Å². The molecule has 20 heavy (non-hydrogen) atoms. The maximum atomic E-state index is 11.4. The molecule has 2 fully saturated rings. The van der Waals surface area contributed by atoms with Crippen molar-refractivity contribution in [2.24, 2.45) is 11.3 Å². The largest absolute Gasteiger partial charge is 0.478 e. The van der Waals surface area contributed by atoms with Crippen molar-refractivity contribution in [3.05, 3.63) is 23.3 Å². The standard InChI is InChI=1S/C17H25NO2/c1-11-6-12(16(19)20)10-17(2,9-11)13-7-14-4-5-15(8-13)18(14)3/h9-10,13-15H,4-8H2,1-3H3,(H,19,20)/t13?,14-,15+,17?. The Hall–Kier alpha value is -1.09. The third kappa shape index (κ3) is 2.22. The molecule has 0 amide bonds. The second kappa shape index (κ2) is 4.73. The minimum Gasteiger partial charge on any atom is -0.478 e. The number of carboxylic acid groups (broad SMARTS) is 1. The molecule has 2 saturated heterocycles. The highest BCUT2D eigenvalue weighted by Crippen LogP contribution is 2.48. The van der Waals surface area contributed by atoms with Gasteiger partial charge in [0.2, 0.25) is 0 Å². The van der Waals surface area contributed by atoms with Crippen LogP contribution in [0.15, 0.2) is 23.3 Å². The summed E-state index contributed by atoms with van der Waals surface area (Å²) < 4.78 is 0. The molecule has 2 aliphatic heterocycles. The summed E-state index contributed by atoms with van der Waals surface area (Å²) in [5, 5.41) is 9.34. The molecule has 0 saturated carbocycles. The summed E-state index contributed by atoms with van der Waals surface area (Å²) in [5.74, 6) is -0.166. The van der Waals surface area contributed by atoms with Crippen molar-refractivity contribution in [2.45, 2.75) is 58.0 Å². The minimum atomic E-state index is -0.750. The summed E-state index contributed by atoms with van der Waals surface area (Å²) in [4.78, 5) is 13.9. The van der Waals surface area contributed by atoms with Gasteiger partial charge in [-0.1, -0.05) is 24.6 Å². The maximum Gasteiger partial charge on any atom is 0.331 e. The molecule has 0 aromatic carbocycles. The van der Waals surface area contributed by atoms with E-state index in [9.17, 15) is 9.90 Å². The van der Waals surface area contributed by atoms with Crippen LogP contribution in [0.2, 0.25) is 0 Å².